The molecular formula is C19H19ClN2O3. The van der Waals surface area contributed by atoms with Crippen molar-refractivity contribution in [1.82, 2.24) is 5.32 Å². The number of nitrogens with one attached hydrogen (secondary N) is 1. The molecular weight excluding hydrogens is 340 g/mol. The molecule has 1 saturated heterocycles. The van der Waals surface area contributed by atoms with E-state index in [-0.39, 0.29) is 11.9 Å². The van der Waals surface area contributed by atoms with Crippen LogP contribution in [0.15, 0.2) is 42.5 Å². The summed E-state index contributed by atoms with van der Waals surface area (Å²) in [5.41, 5.74) is 1.96. The van der Waals surface area contributed by atoms with Gasteiger partial charge in [-0.05, 0) is 48.4 Å². The Labute approximate surface area is 151 Å². The number of benzene rings is 2. The normalized spacial score (nSPS) is 19.3. The van der Waals surface area contributed by atoms with Crippen LogP contribution in [0.1, 0.15) is 12.0 Å². The van der Waals surface area contributed by atoms with Gasteiger partial charge < -0.3 is 19.7 Å². The smallest absolute Gasteiger partial charge is 0.244 e. The second-order valence-corrected chi connectivity index (χ2v) is 6.60. The second-order valence-electron chi connectivity index (χ2n) is 6.17. The fourth-order valence-electron chi connectivity index (χ4n) is 3.19. The highest BCUT2D eigenvalue weighted by Gasteiger charge is 2.32. The summed E-state index contributed by atoms with van der Waals surface area (Å²) in [7, 11) is 0. The Morgan fingerprint density at radius 3 is 2.64 bits per heavy atom. The third-order valence-electron chi connectivity index (χ3n) is 4.50. The van der Waals surface area contributed by atoms with Crippen LogP contribution >= 0.6 is 11.6 Å². The number of carbonyl (C=O) groups is 1. The Hall–Kier alpha value is -2.24. The minimum atomic E-state index is -0.177. The molecule has 2 heterocycles. The lowest BCUT2D eigenvalue weighted by Crippen LogP contribution is -2.38. The van der Waals surface area contributed by atoms with Crippen LogP contribution in [0.2, 0.25) is 5.02 Å². The van der Waals surface area contributed by atoms with Crippen molar-refractivity contribution < 1.29 is 14.3 Å². The first kappa shape index (κ1) is 16.2. The van der Waals surface area contributed by atoms with Crippen molar-refractivity contribution in [1.29, 1.82) is 0 Å². The van der Waals surface area contributed by atoms with Crippen LogP contribution in [0.25, 0.3) is 0 Å². The topological polar surface area (TPSA) is 50.8 Å². The highest BCUT2D eigenvalue weighted by molar-refractivity contribution is 6.30. The van der Waals surface area contributed by atoms with Gasteiger partial charge in [0.25, 0.3) is 0 Å². The first-order chi connectivity index (χ1) is 12.2. The molecule has 0 aromatic heterocycles. The van der Waals surface area contributed by atoms with Crippen molar-refractivity contribution in [2.75, 3.05) is 24.7 Å². The zero-order valence-corrected chi connectivity index (χ0v) is 14.5. The van der Waals surface area contributed by atoms with E-state index in [2.05, 4.69) is 5.32 Å². The lowest BCUT2D eigenvalue weighted by atomic mass is 10.1. The summed E-state index contributed by atoms with van der Waals surface area (Å²) in [5.74, 6) is 1.65. The molecule has 2 aliphatic rings. The molecule has 0 aliphatic carbocycles. The SMILES string of the molecule is O=C1[C@@H](NCc2ccc3c(c2)OCCO3)CCN1c1ccc(Cl)cc1. The average Bonchev–Trinajstić information content (AvgIpc) is 3.01. The monoisotopic (exact) mass is 358 g/mol. The molecule has 0 spiro atoms. The van der Waals surface area contributed by atoms with Gasteiger partial charge in [0.15, 0.2) is 11.5 Å². The number of halogens is 1. The molecule has 2 aromatic rings. The first-order valence-corrected chi connectivity index (χ1v) is 8.77. The minimum absolute atomic E-state index is 0.0971. The Balaban J connectivity index is 1.39. The first-order valence-electron chi connectivity index (χ1n) is 8.39. The van der Waals surface area contributed by atoms with E-state index in [1.807, 2.05) is 30.3 Å². The number of amides is 1. The van der Waals surface area contributed by atoms with Gasteiger partial charge in [-0.25, -0.2) is 0 Å². The van der Waals surface area contributed by atoms with Gasteiger partial charge in [0.1, 0.15) is 13.2 Å². The highest BCUT2D eigenvalue weighted by atomic mass is 35.5. The molecule has 2 aromatic carbocycles. The molecule has 0 bridgehead atoms. The third kappa shape index (κ3) is 3.43. The molecule has 1 atom stereocenters. The Bertz CT molecular complexity index is 779. The Kier molecular flexibility index (Phi) is 4.51. The number of nitrogens with zero attached hydrogens (tertiary/aromatic N) is 1. The molecule has 2 aliphatic heterocycles. The predicted molar refractivity (Wildman–Crippen MR) is 96.5 cm³/mol. The van der Waals surface area contributed by atoms with E-state index in [0.29, 0.717) is 31.3 Å². The quantitative estimate of drug-likeness (QED) is 0.912. The fraction of sp³-hybridized carbons (Fsp3) is 0.316. The fourth-order valence-corrected chi connectivity index (χ4v) is 3.31. The standard InChI is InChI=1S/C19H19ClN2O3/c20-14-2-4-15(5-3-14)22-8-7-16(19(22)23)21-12-13-1-6-17-18(11-13)25-10-9-24-17/h1-6,11,16,21H,7-10,12H2/t16-/m0/s1. The van der Waals surface area contributed by atoms with Crippen molar-refractivity contribution in [3.8, 4) is 11.5 Å². The van der Waals surface area contributed by atoms with Crippen LogP contribution in [-0.2, 0) is 11.3 Å². The molecule has 1 N–H and O–H groups in total. The van der Waals surface area contributed by atoms with Crippen molar-refractivity contribution in [3.05, 3.63) is 53.1 Å². The number of rotatable bonds is 4. The van der Waals surface area contributed by atoms with Gasteiger partial charge in [-0.15, -0.1) is 0 Å². The van der Waals surface area contributed by atoms with E-state index in [1.54, 1.807) is 17.0 Å². The van der Waals surface area contributed by atoms with Crippen molar-refractivity contribution >= 4 is 23.2 Å². The van der Waals surface area contributed by atoms with Crippen molar-refractivity contribution in [2.24, 2.45) is 0 Å². The van der Waals surface area contributed by atoms with Crippen LogP contribution in [0, 0.1) is 0 Å². The molecule has 1 fully saturated rings. The lowest BCUT2D eigenvalue weighted by molar-refractivity contribution is -0.118. The molecule has 1 amide bonds. The van der Waals surface area contributed by atoms with E-state index in [1.165, 1.54) is 0 Å². The molecule has 0 unspecified atom stereocenters. The summed E-state index contributed by atoms with van der Waals surface area (Å²) in [5, 5.41) is 4.02. The summed E-state index contributed by atoms with van der Waals surface area (Å²) in [6, 6.07) is 13.1. The minimum Gasteiger partial charge on any atom is -0.486 e. The van der Waals surface area contributed by atoms with Gasteiger partial charge in [-0.2, -0.15) is 0 Å². The van der Waals surface area contributed by atoms with Crippen molar-refractivity contribution in [3.63, 3.8) is 0 Å². The molecule has 6 heteroatoms. The number of ether oxygens (including phenoxy) is 2. The van der Waals surface area contributed by atoms with Gasteiger partial charge in [-0.1, -0.05) is 17.7 Å². The van der Waals surface area contributed by atoms with E-state index >= 15 is 0 Å². The molecule has 5 nitrogen and oxygen atoms in total. The molecule has 130 valence electrons. The summed E-state index contributed by atoms with van der Waals surface area (Å²) >= 11 is 5.92. The number of hydrogen-bond donors (Lipinski definition) is 1. The second kappa shape index (κ2) is 6.94. The van der Waals surface area contributed by atoms with Crippen LogP contribution in [0.5, 0.6) is 11.5 Å². The van der Waals surface area contributed by atoms with Gasteiger partial charge in [0.05, 0.1) is 6.04 Å². The maximum absolute atomic E-state index is 12.6. The van der Waals surface area contributed by atoms with Crippen LogP contribution in [0.3, 0.4) is 0 Å². The zero-order valence-electron chi connectivity index (χ0n) is 13.7. The molecule has 0 saturated carbocycles. The average molecular weight is 359 g/mol. The zero-order chi connectivity index (χ0) is 17.2. The Morgan fingerprint density at radius 2 is 1.84 bits per heavy atom. The maximum atomic E-state index is 12.6. The van der Waals surface area contributed by atoms with Gasteiger partial charge in [0.2, 0.25) is 5.91 Å². The highest BCUT2D eigenvalue weighted by Crippen LogP contribution is 2.31. The van der Waals surface area contributed by atoms with E-state index in [9.17, 15) is 4.79 Å². The van der Waals surface area contributed by atoms with Gasteiger partial charge in [-0.3, -0.25) is 4.79 Å². The summed E-state index contributed by atoms with van der Waals surface area (Å²) in [6.45, 7) is 2.48. The summed E-state index contributed by atoms with van der Waals surface area (Å²) in [6.07, 6.45) is 0.784. The van der Waals surface area contributed by atoms with E-state index < -0.39 is 0 Å². The molecule has 25 heavy (non-hydrogen) atoms. The number of carbonyl (C=O) groups excluding carboxylic acids is 1. The third-order valence-corrected chi connectivity index (χ3v) is 4.75. The summed E-state index contributed by atoms with van der Waals surface area (Å²) < 4.78 is 11.1. The van der Waals surface area contributed by atoms with Gasteiger partial charge >= 0.3 is 0 Å². The van der Waals surface area contributed by atoms with Crippen LogP contribution < -0.4 is 19.7 Å². The Morgan fingerprint density at radius 1 is 1.08 bits per heavy atom. The lowest BCUT2D eigenvalue weighted by Gasteiger charge is -2.20. The number of anilines is 1. The van der Waals surface area contributed by atoms with Crippen molar-refractivity contribution in [2.45, 2.75) is 19.0 Å². The van der Waals surface area contributed by atoms with E-state index in [4.69, 9.17) is 21.1 Å². The maximum Gasteiger partial charge on any atom is 0.244 e. The predicted octanol–water partition coefficient (Wildman–Crippen LogP) is 3.01. The molecule has 0 radical (unpaired) electrons. The van der Waals surface area contributed by atoms with E-state index in [0.717, 1.165) is 29.2 Å². The summed E-state index contributed by atoms with van der Waals surface area (Å²) in [4.78, 5) is 14.4. The van der Waals surface area contributed by atoms with Crippen LogP contribution in [-0.4, -0.2) is 31.7 Å². The molecule has 4 rings (SSSR count). The largest absolute Gasteiger partial charge is 0.486 e. The number of hydrogen-bond acceptors (Lipinski definition) is 4. The van der Waals surface area contributed by atoms with Gasteiger partial charge in [0, 0.05) is 23.8 Å². The van der Waals surface area contributed by atoms with Crippen LogP contribution in [0.4, 0.5) is 5.69 Å². The number of fused-ring (bicyclic) bond motifs is 1.